The minimum atomic E-state index is -0.317. The first-order valence-corrected chi connectivity index (χ1v) is 5.67. The van der Waals surface area contributed by atoms with Gasteiger partial charge in [0.05, 0.1) is 24.7 Å². The maximum Gasteiger partial charge on any atom is 0.310 e. The summed E-state index contributed by atoms with van der Waals surface area (Å²) in [5.41, 5.74) is 7.57. The van der Waals surface area contributed by atoms with Crippen LogP contribution in [0.4, 0.5) is 0 Å². The van der Waals surface area contributed by atoms with Crippen molar-refractivity contribution in [3.63, 3.8) is 0 Å². The number of rotatable bonds is 4. The fourth-order valence-electron chi connectivity index (χ4n) is 1.52. The van der Waals surface area contributed by atoms with Gasteiger partial charge >= 0.3 is 5.97 Å². The number of esters is 1. The molecule has 0 heterocycles. The Labute approximate surface area is 106 Å². The van der Waals surface area contributed by atoms with Gasteiger partial charge in [-0.15, -0.1) is 12.6 Å². The van der Waals surface area contributed by atoms with E-state index < -0.39 is 0 Å². The number of nitriles is 1. The molecule has 0 radical (unpaired) electrons. The van der Waals surface area contributed by atoms with Gasteiger partial charge in [-0.05, 0) is 30.2 Å². The predicted octanol–water partition coefficient (Wildman–Crippen LogP) is 1.41. The van der Waals surface area contributed by atoms with Gasteiger partial charge in [0.15, 0.2) is 0 Å². The Morgan fingerprint density at radius 1 is 1.59 bits per heavy atom. The average Bonchev–Trinajstić information content (AvgIpc) is 2.31. The van der Waals surface area contributed by atoms with E-state index in [1.54, 1.807) is 19.1 Å². The van der Waals surface area contributed by atoms with Crippen molar-refractivity contribution >= 4 is 18.6 Å². The molecule has 0 bridgehead atoms. The van der Waals surface area contributed by atoms with Crippen molar-refractivity contribution in [2.45, 2.75) is 24.8 Å². The van der Waals surface area contributed by atoms with Crippen LogP contribution in [0.3, 0.4) is 0 Å². The standard InChI is InChI=1S/C12H14N2O2S/c1-2-16-12(15)5-10-9(7-14)3-8(6-13)4-11(10)17/h3-4,17H,2,5,7,14H2,1H3. The highest BCUT2D eigenvalue weighted by molar-refractivity contribution is 7.80. The molecule has 5 heteroatoms. The minimum Gasteiger partial charge on any atom is -0.466 e. The second kappa shape index (κ2) is 6.28. The van der Waals surface area contributed by atoms with E-state index in [0.717, 1.165) is 11.1 Å². The summed E-state index contributed by atoms with van der Waals surface area (Å²) in [7, 11) is 0. The third-order valence-corrected chi connectivity index (χ3v) is 2.69. The molecule has 0 saturated carbocycles. The fourth-order valence-corrected chi connectivity index (χ4v) is 1.88. The van der Waals surface area contributed by atoms with E-state index in [-0.39, 0.29) is 18.9 Å². The van der Waals surface area contributed by atoms with E-state index in [1.165, 1.54) is 0 Å². The number of nitrogens with zero attached hydrogens (tertiary/aromatic N) is 1. The first kappa shape index (κ1) is 13.6. The molecular weight excluding hydrogens is 236 g/mol. The molecule has 0 aliphatic rings. The van der Waals surface area contributed by atoms with Crippen LogP contribution in [0, 0.1) is 11.3 Å². The van der Waals surface area contributed by atoms with Crippen molar-refractivity contribution in [3.05, 3.63) is 28.8 Å². The Morgan fingerprint density at radius 2 is 2.29 bits per heavy atom. The third kappa shape index (κ3) is 3.48. The Hall–Kier alpha value is -1.51. The van der Waals surface area contributed by atoms with Gasteiger partial charge in [0.1, 0.15) is 0 Å². The lowest BCUT2D eigenvalue weighted by atomic mass is 10.0. The van der Waals surface area contributed by atoms with Gasteiger partial charge in [-0.1, -0.05) is 0 Å². The average molecular weight is 250 g/mol. The molecule has 0 spiro atoms. The number of carbonyl (C=O) groups is 1. The molecule has 0 atom stereocenters. The molecule has 0 aromatic heterocycles. The lowest BCUT2D eigenvalue weighted by molar-refractivity contribution is -0.142. The van der Waals surface area contributed by atoms with Crippen LogP contribution in [0.25, 0.3) is 0 Å². The zero-order chi connectivity index (χ0) is 12.8. The number of thiol groups is 1. The Balaban J connectivity index is 3.06. The lowest BCUT2D eigenvalue weighted by Gasteiger charge is -2.11. The summed E-state index contributed by atoms with van der Waals surface area (Å²) in [4.78, 5) is 12.0. The van der Waals surface area contributed by atoms with Crippen LogP contribution in [0.2, 0.25) is 0 Å². The van der Waals surface area contributed by atoms with Gasteiger partial charge in [-0.3, -0.25) is 4.79 Å². The minimum absolute atomic E-state index is 0.130. The summed E-state index contributed by atoms with van der Waals surface area (Å²) < 4.78 is 4.88. The highest BCUT2D eigenvalue weighted by atomic mass is 32.1. The maximum atomic E-state index is 11.4. The second-order valence-electron chi connectivity index (χ2n) is 3.43. The molecule has 90 valence electrons. The number of hydrogen-bond donors (Lipinski definition) is 2. The molecule has 0 aliphatic carbocycles. The van der Waals surface area contributed by atoms with Crippen LogP contribution < -0.4 is 5.73 Å². The fraction of sp³-hybridized carbons (Fsp3) is 0.333. The monoisotopic (exact) mass is 250 g/mol. The van der Waals surface area contributed by atoms with Crippen molar-refractivity contribution in [1.29, 1.82) is 5.26 Å². The molecule has 2 N–H and O–H groups in total. The zero-order valence-electron chi connectivity index (χ0n) is 9.56. The molecule has 1 aromatic carbocycles. The Morgan fingerprint density at radius 3 is 2.82 bits per heavy atom. The highest BCUT2D eigenvalue weighted by Crippen LogP contribution is 2.21. The SMILES string of the molecule is CCOC(=O)Cc1c(S)cc(C#N)cc1CN. The Kier molecular flexibility index (Phi) is 5.01. The number of ether oxygens (including phenoxy) is 1. The van der Waals surface area contributed by atoms with E-state index >= 15 is 0 Å². The number of benzene rings is 1. The molecule has 0 aliphatic heterocycles. The van der Waals surface area contributed by atoms with Crippen molar-refractivity contribution in [2.75, 3.05) is 6.61 Å². The van der Waals surface area contributed by atoms with Crippen molar-refractivity contribution in [2.24, 2.45) is 5.73 Å². The topological polar surface area (TPSA) is 76.1 Å². The summed E-state index contributed by atoms with van der Waals surface area (Å²) in [6, 6.07) is 5.32. The molecule has 1 rings (SSSR count). The van der Waals surface area contributed by atoms with E-state index in [9.17, 15) is 4.79 Å². The normalized spacial score (nSPS) is 9.76. The third-order valence-electron chi connectivity index (χ3n) is 2.29. The molecule has 0 amide bonds. The molecule has 1 aromatic rings. The van der Waals surface area contributed by atoms with Gasteiger partial charge in [0.25, 0.3) is 0 Å². The molecule has 0 fully saturated rings. The maximum absolute atomic E-state index is 11.4. The van der Waals surface area contributed by atoms with Crippen LogP contribution in [0.15, 0.2) is 17.0 Å². The summed E-state index contributed by atoms with van der Waals surface area (Å²) in [5.74, 6) is -0.317. The number of hydrogen-bond acceptors (Lipinski definition) is 5. The van der Waals surface area contributed by atoms with Crippen LogP contribution in [-0.2, 0) is 22.5 Å². The lowest BCUT2D eigenvalue weighted by Crippen LogP contribution is -2.12. The number of nitrogens with two attached hydrogens (primary N) is 1. The van der Waals surface area contributed by atoms with E-state index in [2.05, 4.69) is 12.6 Å². The highest BCUT2D eigenvalue weighted by Gasteiger charge is 2.12. The van der Waals surface area contributed by atoms with Crippen molar-refractivity contribution < 1.29 is 9.53 Å². The van der Waals surface area contributed by atoms with Crippen LogP contribution >= 0.6 is 12.6 Å². The largest absolute Gasteiger partial charge is 0.466 e. The van der Waals surface area contributed by atoms with Crippen LogP contribution in [0.5, 0.6) is 0 Å². The summed E-state index contributed by atoms with van der Waals surface area (Å²) in [5, 5.41) is 8.82. The second-order valence-corrected chi connectivity index (χ2v) is 3.91. The molecular formula is C12H14N2O2S. The predicted molar refractivity (Wildman–Crippen MR) is 66.6 cm³/mol. The zero-order valence-corrected chi connectivity index (χ0v) is 10.5. The summed E-state index contributed by atoms with van der Waals surface area (Å²) in [6.45, 7) is 2.36. The van der Waals surface area contributed by atoms with Gasteiger partial charge in [0.2, 0.25) is 0 Å². The van der Waals surface area contributed by atoms with Crippen molar-refractivity contribution in [1.82, 2.24) is 0 Å². The quantitative estimate of drug-likeness (QED) is 0.626. The van der Waals surface area contributed by atoms with Gasteiger partial charge in [0, 0.05) is 11.4 Å². The molecule has 0 unspecified atom stereocenters. The van der Waals surface area contributed by atoms with Gasteiger partial charge < -0.3 is 10.5 Å². The molecule has 0 saturated heterocycles. The first-order chi connectivity index (χ1) is 8.12. The smallest absolute Gasteiger partial charge is 0.310 e. The van der Waals surface area contributed by atoms with Crippen LogP contribution in [0.1, 0.15) is 23.6 Å². The Bertz CT molecular complexity index is 466. The molecule has 4 nitrogen and oxygen atoms in total. The summed E-state index contributed by atoms with van der Waals surface area (Å²) in [6.07, 6.45) is 0.130. The molecule has 17 heavy (non-hydrogen) atoms. The van der Waals surface area contributed by atoms with Gasteiger partial charge in [-0.25, -0.2) is 0 Å². The van der Waals surface area contributed by atoms with Gasteiger partial charge in [-0.2, -0.15) is 5.26 Å². The summed E-state index contributed by atoms with van der Waals surface area (Å²) >= 11 is 4.27. The van der Waals surface area contributed by atoms with E-state index in [0.29, 0.717) is 17.1 Å². The first-order valence-electron chi connectivity index (χ1n) is 5.22. The van der Waals surface area contributed by atoms with Crippen molar-refractivity contribution in [3.8, 4) is 6.07 Å². The van der Waals surface area contributed by atoms with E-state index in [4.69, 9.17) is 15.7 Å². The van der Waals surface area contributed by atoms with E-state index in [1.807, 2.05) is 6.07 Å². The van der Waals surface area contributed by atoms with Crippen LogP contribution in [-0.4, -0.2) is 12.6 Å². The number of carbonyl (C=O) groups excluding carboxylic acids is 1.